The Kier molecular flexibility index (Phi) is 3.21. The summed E-state index contributed by atoms with van der Waals surface area (Å²) >= 11 is 6.01. The number of fused-ring (bicyclic) bond motifs is 3. The SMILES string of the molecule is O=C(O)CCN1CCn2c(cc3cc(Cl)ccc32)C1. The van der Waals surface area contributed by atoms with Gasteiger partial charge < -0.3 is 9.67 Å². The number of carbonyl (C=O) groups is 1. The topological polar surface area (TPSA) is 45.5 Å². The summed E-state index contributed by atoms with van der Waals surface area (Å²) in [6.07, 6.45) is 0.200. The van der Waals surface area contributed by atoms with Gasteiger partial charge in [0.25, 0.3) is 0 Å². The van der Waals surface area contributed by atoms with E-state index in [1.54, 1.807) is 0 Å². The van der Waals surface area contributed by atoms with E-state index in [-0.39, 0.29) is 6.42 Å². The van der Waals surface area contributed by atoms with Gasteiger partial charge in [-0.2, -0.15) is 0 Å². The minimum absolute atomic E-state index is 0.200. The lowest BCUT2D eigenvalue weighted by Gasteiger charge is -2.28. The van der Waals surface area contributed by atoms with Gasteiger partial charge in [0, 0.05) is 47.8 Å². The number of carboxylic acids is 1. The molecule has 19 heavy (non-hydrogen) atoms. The van der Waals surface area contributed by atoms with Crippen LogP contribution < -0.4 is 0 Å². The molecule has 0 fully saturated rings. The monoisotopic (exact) mass is 278 g/mol. The zero-order chi connectivity index (χ0) is 13.4. The van der Waals surface area contributed by atoms with Crippen LogP contribution in [0.15, 0.2) is 24.3 Å². The van der Waals surface area contributed by atoms with Gasteiger partial charge in [-0.1, -0.05) is 11.6 Å². The minimum Gasteiger partial charge on any atom is -0.481 e. The molecule has 0 amide bonds. The molecular weight excluding hydrogens is 264 g/mol. The Morgan fingerprint density at radius 3 is 2.95 bits per heavy atom. The first kappa shape index (κ1) is 12.5. The van der Waals surface area contributed by atoms with Crippen LogP contribution in [0.2, 0.25) is 5.02 Å². The van der Waals surface area contributed by atoms with E-state index in [2.05, 4.69) is 15.5 Å². The average Bonchev–Trinajstić information content (AvgIpc) is 2.72. The summed E-state index contributed by atoms with van der Waals surface area (Å²) in [5, 5.41) is 10.6. The highest BCUT2D eigenvalue weighted by molar-refractivity contribution is 6.31. The Morgan fingerprint density at radius 2 is 2.16 bits per heavy atom. The van der Waals surface area contributed by atoms with Gasteiger partial charge in [-0.05, 0) is 24.3 Å². The van der Waals surface area contributed by atoms with E-state index in [1.807, 2.05) is 18.2 Å². The summed E-state index contributed by atoms with van der Waals surface area (Å²) in [6, 6.07) is 8.08. The second kappa shape index (κ2) is 4.87. The molecule has 1 N–H and O–H groups in total. The van der Waals surface area contributed by atoms with Gasteiger partial charge in [0.05, 0.1) is 6.42 Å². The number of nitrogens with zero attached hydrogens (tertiary/aromatic N) is 2. The van der Waals surface area contributed by atoms with E-state index in [4.69, 9.17) is 16.7 Å². The molecule has 0 saturated carbocycles. The summed E-state index contributed by atoms with van der Waals surface area (Å²) in [7, 11) is 0. The number of rotatable bonds is 3. The van der Waals surface area contributed by atoms with Crippen LogP contribution in [-0.4, -0.2) is 33.6 Å². The van der Waals surface area contributed by atoms with Crippen molar-refractivity contribution in [2.24, 2.45) is 0 Å². The molecule has 1 aromatic carbocycles. The van der Waals surface area contributed by atoms with Gasteiger partial charge in [0.1, 0.15) is 0 Å². The highest BCUT2D eigenvalue weighted by atomic mass is 35.5. The quantitative estimate of drug-likeness (QED) is 0.939. The van der Waals surface area contributed by atoms with Crippen molar-refractivity contribution in [3.8, 4) is 0 Å². The molecule has 0 aliphatic carbocycles. The molecule has 0 spiro atoms. The lowest BCUT2D eigenvalue weighted by atomic mass is 10.2. The Morgan fingerprint density at radius 1 is 1.32 bits per heavy atom. The first-order valence-electron chi connectivity index (χ1n) is 6.35. The molecule has 0 unspecified atom stereocenters. The Hall–Kier alpha value is -1.52. The maximum absolute atomic E-state index is 10.6. The molecule has 0 bridgehead atoms. The second-order valence-electron chi connectivity index (χ2n) is 4.91. The second-order valence-corrected chi connectivity index (χ2v) is 5.35. The highest BCUT2D eigenvalue weighted by Gasteiger charge is 2.18. The van der Waals surface area contributed by atoms with Crippen LogP contribution in [-0.2, 0) is 17.9 Å². The first-order chi connectivity index (χ1) is 9.13. The van der Waals surface area contributed by atoms with Gasteiger partial charge in [-0.25, -0.2) is 0 Å². The van der Waals surface area contributed by atoms with Gasteiger partial charge in [0.15, 0.2) is 0 Å². The molecule has 1 aromatic heterocycles. The third-order valence-corrected chi connectivity index (χ3v) is 3.85. The van der Waals surface area contributed by atoms with Crippen molar-refractivity contribution < 1.29 is 9.90 Å². The number of carboxylic acid groups (broad SMARTS) is 1. The molecule has 2 heterocycles. The first-order valence-corrected chi connectivity index (χ1v) is 6.73. The molecule has 4 nitrogen and oxygen atoms in total. The molecule has 100 valence electrons. The average molecular weight is 279 g/mol. The Balaban J connectivity index is 1.85. The fourth-order valence-electron chi connectivity index (χ4n) is 2.69. The van der Waals surface area contributed by atoms with E-state index in [9.17, 15) is 4.79 Å². The molecule has 3 rings (SSSR count). The zero-order valence-electron chi connectivity index (χ0n) is 10.5. The smallest absolute Gasteiger partial charge is 0.304 e. The summed E-state index contributed by atoms with van der Waals surface area (Å²) in [4.78, 5) is 12.8. The number of halogens is 1. The predicted octanol–water partition coefficient (Wildman–Crippen LogP) is 2.58. The number of benzene rings is 1. The van der Waals surface area contributed by atoms with Gasteiger partial charge >= 0.3 is 5.97 Å². The number of aromatic nitrogens is 1. The van der Waals surface area contributed by atoms with Crippen LogP contribution in [0.3, 0.4) is 0 Å². The van der Waals surface area contributed by atoms with Crippen molar-refractivity contribution in [2.45, 2.75) is 19.5 Å². The largest absolute Gasteiger partial charge is 0.481 e. The van der Waals surface area contributed by atoms with Crippen LogP contribution >= 0.6 is 11.6 Å². The summed E-state index contributed by atoms with van der Waals surface area (Å²) in [5.74, 6) is -0.738. The summed E-state index contributed by atoms with van der Waals surface area (Å²) < 4.78 is 2.29. The maximum atomic E-state index is 10.6. The lowest BCUT2D eigenvalue weighted by Crippen LogP contribution is -2.34. The molecule has 2 aromatic rings. The van der Waals surface area contributed by atoms with Gasteiger partial charge in [-0.15, -0.1) is 0 Å². The molecule has 0 atom stereocenters. The number of hydrogen-bond acceptors (Lipinski definition) is 2. The van der Waals surface area contributed by atoms with E-state index < -0.39 is 5.97 Å². The molecule has 5 heteroatoms. The normalized spacial score (nSPS) is 15.6. The van der Waals surface area contributed by atoms with Crippen molar-refractivity contribution in [2.75, 3.05) is 13.1 Å². The fraction of sp³-hybridized carbons (Fsp3) is 0.357. The third kappa shape index (κ3) is 2.46. The predicted molar refractivity (Wildman–Crippen MR) is 74.5 cm³/mol. The molecular formula is C14H15ClN2O2. The molecule has 1 aliphatic heterocycles. The van der Waals surface area contributed by atoms with E-state index in [0.717, 1.165) is 30.0 Å². The van der Waals surface area contributed by atoms with E-state index in [1.165, 1.54) is 11.2 Å². The van der Waals surface area contributed by atoms with Crippen LogP contribution in [0.25, 0.3) is 10.9 Å². The Bertz CT molecular complexity index is 636. The zero-order valence-corrected chi connectivity index (χ0v) is 11.2. The number of aliphatic carboxylic acids is 1. The van der Waals surface area contributed by atoms with Crippen LogP contribution in [0, 0.1) is 0 Å². The molecule has 0 saturated heterocycles. The maximum Gasteiger partial charge on any atom is 0.304 e. The van der Waals surface area contributed by atoms with Gasteiger partial charge in [-0.3, -0.25) is 9.69 Å². The highest BCUT2D eigenvalue weighted by Crippen LogP contribution is 2.26. The minimum atomic E-state index is -0.738. The van der Waals surface area contributed by atoms with Crippen LogP contribution in [0.1, 0.15) is 12.1 Å². The van der Waals surface area contributed by atoms with Crippen molar-refractivity contribution >= 4 is 28.5 Å². The van der Waals surface area contributed by atoms with Crippen LogP contribution in [0.4, 0.5) is 0 Å². The molecule has 0 radical (unpaired) electrons. The lowest BCUT2D eigenvalue weighted by molar-refractivity contribution is -0.137. The van der Waals surface area contributed by atoms with Crippen LogP contribution in [0.5, 0.6) is 0 Å². The number of hydrogen-bond donors (Lipinski definition) is 1. The fourth-order valence-corrected chi connectivity index (χ4v) is 2.87. The van der Waals surface area contributed by atoms with Crippen molar-refractivity contribution in [3.05, 3.63) is 35.0 Å². The summed E-state index contributed by atoms with van der Waals surface area (Å²) in [5.41, 5.74) is 2.44. The van der Waals surface area contributed by atoms with E-state index in [0.29, 0.717) is 6.54 Å². The van der Waals surface area contributed by atoms with Crippen molar-refractivity contribution in [1.82, 2.24) is 9.47 Å². The van der Waals surface area contributed by atoms with Crippen molar-refractivity contribution in [1.29, 1.82) is 0 Å². The standard InChI is InChI=1S/C14H15ClN2O2/c15-11-1-2-13-10(7-11)8-12-9-16(4-3-14(18)19)5-6-17(12)13/h1-2,7-8H,3-6,9H2,(H,18,19). The molecule has 1 aliphatic rings. The van der Waals surface area contributed by atoms with Crippen molar-refractivity contribution in [3.63, 3.8) is 0 Å². The van der Waals surface area contributed by atoms with E-state index >= 15 is 0 Å². The Labute approximate surface area is 116 Å². The van der Waals surface area contributed by atoms with Gasteiger partial charge in [0.2, 0.25) is 0 Å². The summed E-state index contributed by atoms with van der Waals surface area (Å²) in [6.45, 7) is 3.21. The third-order valence-electron chi connectivity index (χ3n) is 3.62.